The van der Waals surface area contributed by atoms with Crippen molar-refractivity contribution < 1.29 is 43.7 Å². The van der Waals surface area contributed by atoms with Gasteiger partial charge in [-0.3, -0.25) is 19.7 Å². The molecule has 1 saturated heterocycles. The first-order valence-electron chi connectivity index (χ1n) is 7.93. The molecule has 27 heavy (non-hydrogen) atoms. The zero-order chi connectivity index (χ0) is 20.1. The van der Waals surface area contributed by atoms with E-state index in [2.05, 4.69) is 0 Å². The van der Waals surface area contributed by atoms with Gasteiger partial charge in [-0.2, -0.15) is 0 Å². The highest BCUT2D eigenvalue weighted by atomic mass is 16.7. The van der Waals surface area contributed by atoms with Crippen molar-refractivity contribution in [3.8, 4) is 5.75 Å². The predicted molar refractivity (Wildman–Crippen MR) is 86.6 cm³/mol. The first-order valence-corrected chi connectivity index (χ1v) is 7.93. The average molecular weight is 385 g/mol. The Labute approximate surface area is 153 Å². The van der Waals surface area contributed by atoms with Crippen LogP contribution in [0.2, 0.25) is 0 Å². The zero-order valence-corrected chi connectivity index (χ0v) is 14.5. The lowest BCUT2D eigenvalue weighted by Gasteiger charge is -2.42. The van der Waals surface area contributed by atoms with Crippen LogP contribution in [0.4, 0.5) is 5.69 Å². The summed E-state index contributed by atoms with van der Waals surface area (Å²) in [5.41, 5.74) is -0.162. The Morgan fingerprint density at radius 3 is 2.19 bits per heavy atom. The number of hydrogen-bond donors (Lipinski definition) is 2. The van der Waals surface area contributed by atoms with Crippen molar-refractivity contribution in [1.82, 2.24) is 0 Å². The molecule has 11 heteroatoms. The number of benzene rings is 1. The largest absolute Gasteiger partial charge is 0.461 e. The minimum atomic E-state index is -1.47. The lowest BCUT2D eigenvalue weighted by atomic mass is 9.98. The monoisotopic (exact) mass is 385 g/mol. The molecular formula is C16H19NO10. The number of non-ortho nitro benzene ring substituents is 1. The van der Waals surface area contributed by atoms with Gasteiger partial charge in [0.2, 0.25) is 12.4 Å². The molecule has 1 fully saturated rings. The lowest BCUT2D eigenvalue weighted by molar-refractivity contribution is -0.384. The van der Waals surface area contributed by atoms with Crippen molar-refractivity contribution in [1.29, 1.82) is 0 Å². The number of hydrogen-bond acceptors (Lipinski definition) is 10. The standard InChI is InChI=1S/C16H19NO10/c1-8(19)24-14-13(21)12(7-18)27-16(15(14)25-9(2)20)26-11-5-3-10(4-6-11)17(22)23/h3-6,12-16,18,21H,7H2,1-2H3/t12-,13+,14+,15-,16+/m1/s1. The summed E-state index contributed by atoms with van der Waals surface area (Å²) in [5, 5.41) is 30.4. The summed E-state index contributed by atoms with van der Waals surface area (Å²) in [6.07, 6.45) is -6.68. The summed E-state index contributed by atoms with van der Waals surface area (Å²) in [7, 11) is 0. The summed E-state index contributed by atoms with van der Waals surface area (Å²) in [4.78, 5) is 32.9. The van der Waals surface area contributed by atoms with E-state index >= 15 is 0 Å². The molecule has 1 aromatic carbocycles. The quantitative estimate of drug-likeness (QED) is 0.386. The van der Waals surface area contributed by atoms with Gasteiger partial charge in [-0.15, -0.1) is 0 Å². The van der Waals surface area contributed by atoms with Crippen molar-refractivity contribution in [2.75, 3.05) is 6.61 Å². The highest BCUT2D eigenvalue weighted by Gasteiger charge is 2.50. The molecule has 5 atom stereocenters. The Balaban J connectivity index is 2.29. The third-order valence-corrected chi connectivity index (χ3v) is 3.70. The smallest absolute Gasteiger partial charge is 0.303 e. The molecule has 0 unspecified atom stereocenters. The fraction of sp³-hybridized carbons (Fsp3) is 0.500. The van der Waals surface area contributed by atoms with E-state index in [1.807, 2.05) is 0 Å². The van der Waals surface area contributed by atoms with E-state index in [0.29, 0.717) is 0 Å². The van der Waals surface area contributed by atoms with Crippen LogP contribution in [0.1, 0.15) is 13.8 Å². The Morgan fingerprint density at radius 2 is 1.70 bits per heavy atom. The summed E-state index contributed by atoms with van der Waals surface area (Å²) < 4.78 is 21.1. The molecule has 11 nitrogen and oxygen atoms in total. The van der Waals surface area contributed by atoms with Crippen LogP contribution >= 0.6 is 0 Å². The zero-order valence-electron chi connectivity index (χ0n) is 14.5. The van der Waals surface area contributed by atoms with Crippen LogP contribution in [0.5, 0.6) is 5.75 Å². The molecule has 0 aromatic heterocycles. The minimum Gasteiger partial charge on any atom is -0.461 e. The molecule has 0 bridgehead atoms. The van der Waals surface area contributed by atoms with Crippen molar-refractivity contribution in [2.45, 2.75) is 44.6 Å². The van der Waals surface area contributed by atoms with Gasteiger partial charge in [0.05, 0.1) is 11.5 Å². The molecule has 0 saturated carbocycles. The second kappa shape index (κ2) is 8.75. The molecule has 0 aliphatic carbocycles. The van der Waals surface area contributed by atoms with Crippen LogP contribution in [-0.2, 0) is 23.8 Å². The van der Waals surface area contributed by atoms with Crippen LogP contribution in [0.25, 0.3) is 0 Å². The number of aliphatic hydroxyl groups excluding tert-OH is 2. The van der Waals surface area contributed by atoms with Crippen LogP contribution in [-0.4, -0.2) is 64.4 Å². The Bertz CT molecular complexity index is 691. The molecule has 148 valence electrons. The van der Waals surface area contributed by atoms with Gasteiger partial charge in [0.15, 0.2) is 6.10 Å². The van der Waals surface area contributed by atoms with E-state index in [4.69, 9.17) is 18.9 Å². The van der Waals surface area contributed by atoms with Gasteiger partial charge in [0.25, 0.3) is 5.69 Å². The van der Waals surface area contributed by atoms with E-state index < -0.39 is 54.2 Å². The third kappa shape index (κ3) is 5.12. The number of rotatable bonds is 6. The third-order valence-electron chi connectivity index (χ3n) is 3.70. The second-order valence-electron chi connectivity index (χ2n) is 5.73. The number of nitro groups is 1. The number of ether oxygens (including phenoxy) is 4. The summed E-state index contributed by atoms with van der Waals surface area (Å²) in [6.45, 7) is 1.59. The Kier molecular flexibility index (Phi) is 6.66. The van der Waals surface area contributed by atoms with E-state index in [-0.39, 0.29) is 11.4 Å². The molecule has 1 heterocycles. The molecule has 1 aliphatic rings. The maximum Gasteiger partial charge on any atom is 0.303 e. The van der Waals surface area contributed by atoms with Crippen LogP contribution < -0.4 is 4.74 Å². The SMILES string of the molecule is CC(=O)O[C@H]1[C@@H](Oc2ccc([N+](=O)[O-])cc2)O[C@H](CO)[C@H](O)[C@@H]1OC(C)=O. The maximum absolute atomic E-state index is 11.4. The van der Waals surface area contributed by atoms with Gasteiger partial charge in [-0.25, -0.2) is 0 Å². The highest BCUT2D eigenvalue weighted by Crippen LogP contribution is 2.29. The number of carbonyl (C=O) groups is 2. The fourth-order valence-corrected chi connectivity index (χ4v) is 2.56. The van der Waals surface area contributed by atoms with Crippen molar-refractivity contribution in [3.05, 3.63) is 34.4 Å². The van der Waals surface area contributed by atoms with Gasteiger partial charge < -0.3 is 29.2 Å². The van der Waals surface area contributed by atoms with Crippen LogP contribution in [0.3, 0.4) is 0 Å². The number of nitrogens with zero attached hydrogens (tertiary/aromatic N) is 1. The average Bonchev–Trinajstić information content (AvgIpc) is 2.60. The van der Waals surface area contributed by atoms with Crippen LogP contribution in [0.15, 0.2) is 24.3 Å². The van der Waals surface area contributed by atoms with Gasteiger partial charge in [0.1, 0.15) is 18.0 Å². The molecule has 0 radical (unpaired) electrons. The van der Waals surface area contributed by atoms with Gasteiger partial charge in [-0.1, -0.05) is 0 Å². The second-order valence-corrected chi connectivity index (χ2v) is 5.73. The van der Waals surface area contributed by atoms with Crippen molar-refractivity contribution in [2.24, 2.45) is 0 Å². The number of nitro benzene ring substituents is 1. The Hall–Kier alpha value is -2.76. The molecule has 1 aromatic rings. The summed E-state index contributed by atoms with van der Waals surface area (Å²) >= 11 is 0. The number of esters is 2. The lowest BCUT2D eigenvalue weighted by Crippen LogP contribution is -2.62. The van der Waals surface area contributed by atoms with E-state index in [0.717, 1.165) is 13.8 Å². The summed E-state index contributed by atoms with van der Waals surface area (Å²) in [6, 6.07) is 4.99. The molecule has 2 rings (SSSR count). The first kappa shape index (κ1) is 20.6. The molecular weight excluding hydrogens is 366 g/mol. The molecule has 2 N–H and O–H groups in total. The fourth-order valence-electron chi connectivity index (χ4n) is 2.56. The van der Waals surface area contributed by atoms with E-state index in [9.17, 15) is 29.9 Å². The van der Waals surface area contributed by atoms with Crippen LogP contribution in [0, 0.1) is 10.1 Å². The van der Waals surface area contributed by atoms with Crippen molar-refractivity contribution in [3.63, 3.8) is 0 Å². The Morgan fingerprint density at radius 1 is 1.15 bits per heavy atom. The maximum atomic E-state index is 11.4. The first-order chi connectivity index (χ1) is 12.7. The predicted octanol–water partition coefficient (Wildman–Crippen LogP) is -0.0849. The number of carbonyl (C=O) groups excluding carboxylic acids is 2. The van der Waals surface area contributed by atoms with Crippen molar-refractivity contribution >= 4 is 17.6 Å². The highest BCUT2D eigenvalue weighted by molar-refractivity contribution is 5.67. The van der Waals surface area contributed by atoms with E-state index in [1.54, 1.807) is 0 Å². The minimum absolute atomic E-state index is 0.136. The van der Waals surface area contributed by atoms with Gasteiger partial charge in [0, 0.05) is 26.0 Å². The summed E-state index contributed by atoms with van der Waals surface area (Å²) in [5.74, 6) is -1.35. The van der Waals surface area contributed by atoms with E-state index in [1.165, 1.54) is 24.3 Å². The molecule has 0 amide bonds. The normalized spacial score (nSPS) is 27.5. The van der Waals surface area contributed by atoms with Gasteiger partial charge in [-0.05, 0) is 12.1 Å². The topological polar surface area (TPSA) is 155 Å². The van der Waals surface area contributed by atoms with Gasteiger partial charge >= 0.3 is 11.9 Å². The molecule has 0 spiro atoms. The number of aliphatic hydroxyl groups is 2. The molecule has 1 aliphatic heterocycles.